The Balaban J connectivity index is 2.81. The Hall–Kier alpha value is -1.02. The van der Waals surface area contributed by atoms with Gasteiger partial charge in [-0.3, -0.25) is 0 Å². The van der Waals surface area contributed by atoms with Gasteiger partial charge in [-0.2, -0.15) is 0 Å². The highest BCUT2D eigenvalue weighted by molar-refractivity contribution is 7.13. The van der Waals surface area contributed by atoms with E-state index in [4.69, 9.17) is 5.11 Å². The molecule has 0 spiro atoms. The lowest BCUT2D eigenvalue weighted by Gasteiger charge is -1.91. The molecule has 0 aliphatic carbocycles. The Kier molecular flexibility index (Phi) is 3.11. The van der Waals surface area contributed by atoms with Crippen LogP contribution in [0.4, 0.5) is 0 Å². The van der Waals surface area contributed by atoms with Crippen LogP contribution in [0, 0.1) is 0 Å². The molecule has 64 valence electrons. The van der Waals surface area contributed by atoms with Crippen molar-refractivity contribution in [1.82, 2.24) is 0 Å². The minimum atomic E-state index is 0.863. The molecular weight excluding hydrogens is 168 g/mol. The van der Waals surface area contributed by atoms with Crippen LogP contribution in [0.1, 0.15) is 16.7 Å². The zero-order valence-corrected chi connectivity index (χ0v) is 7.90. The SMILES string of the molecule is C=C(/C=C\O)c1ccc(CC)s1. The monoisotopic (exact) mass is 180 g/mol. The van der Waals surface area contributed by atoms with Gasteiger partial charge in [0.2, 0.25) is 0 Å². The molecule has 1 aromatic heterocycles. The van der Waals surface area contributed by atoms with Crippen LogP contribution in [0.3, 0.4) is 0 Å². The molecule has 1 rings (SSSR count). The van der Waals surface area contributed by atoms with Gasteiger partial charge in [-0.25, -0.2) is 0 Å². The van der Waals surface area contributed by atoms with Gasteiger partial charge in [0.15, 0.2) is 0 Å². The Morgan fingerprint density at radius 3 is 2.92 bits per heavy atom. The second kappa shape index (κ2) is 4.12. The predicted molar refractivity (Wildman–Crippen MR) is 54.5 cm³/mol. The first-order valence-electron chi connectivity index (χ1n) is 3.86. The quantitative estimate of drug-likeness (QED) is 0.558. The highest BCUT2D eigenvalue weighted by Gasteiger charge is 1.99. The van der Waals surface area contributed by atoms with Gasteiger partial charge in [0.25, 0.3) is 0 Å². The highest BCUT2D eigenvalue weighted by atomic mass is 32.1. The number of hydrogen-bond acceptors (Lipinski definition) is 2. The Bertz CT molecular complexity index is 297. The Morgan fingerprint density at radius 2 is 2.42 bits per heavy atom. The van der Waals surface area contributed by atoms with Crippen LogP contribution in [0.2, 0.25) is 0 Å². The topological polar surface area (TPSA) is 20.2 Å². The van der Waals surface area contributed by atoms with E-state index < -0.39 is 0 Å². The van der Waals surface area contributed by atoms with Gasteiger partial charge in [-0.05, 0) is 30.2 Å². The molecule has 1 aromatic rings. The van der Waals surface area contributed by atoms with Crippen LogP contribution in [-0.2, 0) is 6.42 Å². The Morgan fingerprint density at radius 1 is 1.67 bits per heavy atom. The molecular formula is C10H12OS. The van der Waals surface area contributed by atoms with E-state index in [-0.39, 0.29) is 0 Å². The summed E-state index contributed by atoms with van der Waals surface area (Å²) in [5, 5.41) is 8.53. The zero-order valence-electron chi connectivity index (χ0n) is 7.08. The lowest BCUT2D eigenvalue weighted by molar-refractivity contribution is 0.474. The van der Waals surface area contributed by atoms with Gasteiger partial charge in [-0.15, -0.1) is 11.3 Å². The number of aliphatic hydroxyl groups is 1. The minimum absolute atomic E-state index is 0.863. The van der Waals surface area contributed by atoms with Crippen molar-refractivity contribution in [2.24, 2.45) is 0 Å². The average Bonchev–Trinajstić information content (AvgIpc) is 2.52. The van der Waals surface area contributed by atoms with E-state index in [1.807, 2.05) is 6.07 Å². The van der Waals surface area contributed by atoms with Crippen molar-refractivity contribution >= 4 is 16.9 Å². The molecule has 0 aromatic carbocycles. The van der Waals surface area contributed by atoms with Gasteiger partial charge in [0.05, 0.1) is 6.26 Å². The molecule has 0 fully saturated rings. The molecule has 2 heteroatoms. The molecule has 0 saturated heterocycles. The van der Waals surface area contributed by atoms with Crippen LogP contribution < -0.4 is 0 Å². The third-order valence-electron chi connectivity index (χ3n) is 1.60. The maximum Gasteiger partial charge on any atom is 0.0797 e. The van der Waals surface area contributed by atoms with Crippen LogP contribution in [-0.4, -0.2) is 5.11 Å². The lowest BCUT2D eigenvalue weighted by atomic mass is 10.2. The molecule has 0 aliphatic heterocycles. The lowest BCUT2D eigenvalue weighted by Crippen LogP contribution is -1.69. The molecule has 0 radical (unpaired) electrons. The number of rotatable bonds is 3. The van der Waals surface area contributed by atoms with Crippen LogP contribution in [0.5, 0.6) is 0 Å². The van der Waals surface area contributed by atoms with Gasteiger partial charge in [-0.1, -0.05) is 13.5 Å². The molecule has 0 unspecified atom stereocenters. The van der Waals surface area contributed by atoms with E-state index in [9.17, 15) is 0 Å². The van der Waals surface area contributed by atoms with Gasteiger partial charge in [0.1, 0.15) is 0 Å². The number of allylic oxidation sites excluding steroid dienone is 2. The van der Waals surface area contributed by atoms with Gasteiger partial charge >= 0.3 is 0 Å². The van der Waals surface area contributed by atoms with Crippen molar-refractivity contribution in [3.05, 3.63) is 40.8 Å². The maximum absolute atomic E-state index is 8.53. The number of thiophene rings is 1. The van der Waals surface area contributed by atoms with Crippen molar-refractivity contribution in [2.75, 3.05) is 0 Å². The summed E-state index contributed by atoms with van der Waals surface area (Å²) in [6.45, 7) is 5.95. The van der Waals surface area contributed by atoms with Crippen molar-refractivity contribution in [1.29, 1.82) is 0 Å². The molecule has 1 heterocycles. The third-order valence-corrected chi connectivity index (χ3v) is 2.91. The number of hydrogen-bond donors (Lipinski definition) is 1. The maximum atomic E-state index is 8.53. The average molecular weight is 180 g/mol. The largest absolute Gasteiger partial charge is 0.516 e. The summed E-state index contributed by atoms with van der Waals surface area (Å²) in [5.74, 6) is 0. The molecule has 0 atom stereocenters. The van der Waals surface area contributed by atoms with Crippen LogP contribution in [0.15, 0.2) is 31.0 Å². The number of aliphatic hydroxyl groups excluding tert-OH is 1. The summed E-state index contributed by atoms with van der Waals surface area (Å²) < 4.78 is 0. The fourth-order valence-corrected chi connectivity index (χ4v) is 1.81. The van der Waals surface area contributed by atoms with E-state index in [1.54, 1.807) is 17.4 Å². The van der Waals surface area contributed by atoms with Crippen LogP contribution >= 0.6 is 11.3 Å². The second-order valence-corrected chi connectivity index (χ2v) is 3.63. The molecule has 0 bridgehead atoms. The standard InChI is InChI=1S/C10H12OS/c1-3-9-4-5-10(12-9)8(2)6-7-11/h4-7,11H,2-3H2,1H3/b7-6-. The fourth-order valence-electron chi connectivity index (χ4n) is 0.913. The van der Waals surface area contributed by atoms with E-state index in [0.717, 1.165) is 23.1 Å². The van der Waals surface area contributed by atoms with Gasteiger partial charge in [0, 0.05) is 9.75 Å². The summed E-state index contributed by atoms with van der Waals surface area (Å²) in [4.78, 5) is 2.47. The fraction of sp³-hybridized carbons (Fsp3) is 0.200. The summed E-state index contributed by atoms with van der Waals surface area (Å²) in [6, 6.07) is 4.13. The van der Waals surface area contributed by atoms with E-state index in [0.29, 0.717) is 0 Å². The predicted octanol–water partition coefficient (Wildman–Crippen LogP) is 3.40. The van der Waals surface area contributed by atoms with Crippen molar-refractivity contribution in [2.45, 2.75) is 13.3 Å². The van der Waals surface area contributed by atoms with Gasteiger partial charge < -0.3 is 5.11 Å². The molecule has 0 saturated carbocycles. The normalized spacial score (nSPS) is 10.8. The Labute approximate surface area is 76.7 Å². The van der Waals surface area contributed by atoms with Crippen molar-refractivity contribution in [3.63, 3.8) is 0 Å². The first-order chi connectivity index (χ1) is 5.77. The van der Waals surface area contributed by atoms with Crippen LogP contribution in [0.25, 0.3) is 5.57 Å². The second-order valence-electron chi connectivity index (χ2n) is 2.46. The summed E-state index contributed by atoms with van der Waals surface area (Å²) in [5.41, 5.74) is 0.863. The summed E-state index contributed by atoms with van der Waals surface area (Å²) in [6.07, 6.45) is 3.68. The summed E-state index contributed by atoms with van der Waals surface area (Å²) >= 11 is 1.72. The first-order valence-corrected chi connectivity index (χ1v) is 4.68. The molecule has 0 aliphatic rings. The zero-order chi connectivity index (χ0) is 8.97. The van der Waals surface area contributed by atoms with Crippen molar-refractivity contribution in [3.8, 4) is 0 Å². The molecule has 1 nitrogen and oxygen atoms in total. The van der Waals surface area contributed by atoms with E-state index in [1.165, 1.54) is 4.88 Å². The third kappa shape index (κ3) is 1.98. The molecule has 0 amide bonds. The smallest absolute Gasteiger partial charge is 0.0797 e. The van der Waals surface area contributed by atoms with Crippen molar-refractivity contribution < 1.29 is 5.11 Å². The molecule has 1 N–H and O–H groups in total. The molecule has 12 heavy (non-hydrogen) atoms. The van der Waals surface area contributed by atoms with E-state index >= 15 is 0 Å². The summed E-state index contributed by atoms with van der Waals surface area (Å²) in [7, 11) is 0. The van der Waals surface area contributed by atoms with E-state index in [2.05, 4.69) is 19.6 Å². The highest BCUT2D eigenvalue weighted by Crippen LogP contribution is 2.23. The number of aryl methyl sites for hydroxylation is 1. The first kappa shape index (κ1) is 9.07. The minimum Gasteiger partial charge on any atom is -0.516 e.